The Bertz CT molecular complexity index is 393. The number of carbonyl (C=O) groups excluding carboxylic acids is 1. The van der Waals surface area contributed by atoms with Crippen LogP contribution in [0.15, 0.2) is 24.5 Å². The molecule has 4 nitrogen and oxygen atoms in total. The van der Waals surface area contributed by atoms with E-state index >= 15 is 0 Å². The Morgan fingerprint density at radius 3 is 3.25 bits per heavy atom. The fourth-order valence-corrected chi connectivity index (χ4v) is 2.78. The summed E-state index contributed by atoms with van der Waals surface area (Å²) < 4.78 is 0. The summed E-state index contributed by atoms with van der Waals surface area (Å²) >= 11 is 0. The Labute approximate surface area is 94.7 Å². The van der Waals surface area contributed by atoms with Crippen molar-refractivity contribution >= 4 is 11.6 Å². The zero-order chi connectivity index (χ0) is 11.0. The molecule has 1 amide bonds. The molecule has 3 rings (SSSR count). The molecular weight excluding hydrogens is 202 g/mol. The van der Waals surface area contributed by atoms with Gasteiger partial charge in [0.15, 0.2) is 0 Å². The SMILES string of the molecule is O=C1CC2CCNCC2N1c1cccnc1. The monoisotopic (exact) mass is 217 g/mol. The normalized spacial score (nSPS) is 29.2. The van der Waals surface area contributed by atoms with Crippen molar-refractivity contribution in [2.75, 3.05) is 18.0 Å². The van der Waals surface area contributed by atoms with Crippen molar-refractivity contribution in [1.29, 1.82) is 0 Å². The molecular formula is C12H15N3O. The van der Waals surface area contributed by atoms with Crippen LogP contribution < -0.4 is 10.2 Å². The second-order valence-electron chi connectivity index (χ2n) is 4.50. The molecule has 16 heavy (non-hydrogen) atoms. The Balaban J connectivity index is 1.91. The zero-order valence-corrected chi connectivity index (χ0v) is 9.10. The molecule has 2 aliphatic heterocycles. The van der Waals surface area contributed by atoms with Gasteiger partial charge in [-0.05, 0) is 31.0 Å². The topological polar surface area (TPSA) is 45.2 Å². The van der Waals surface area contributed by atoms with Gasteiger partial charge in [-0.1, -0.05) is 0 Å². The molecule has 4 heteroatoms. The van der Waals surface area contributed by atoms with Crippen molar-refractivity contribution in [2.24, 2.45) is 5.92 Å². The first-order chi connectivity index (χ1) is 7.86. The summed E-state index contributed by atoms with van der Waals surface area (Å²) in [6.45, 7) is 1.95. The van der Waals surface area contributed by atoms with E-state index in [0.717, 1.165) is 25.2 Å². The van der Waals surface area contributed by atoms with Crippen LogP contribution in [0.3, 0.4) is 0 Å². The molecule has 2 saturated heterocycles. The van der Waals surface area contributed by atoms with E-state index in [-0.39, 0.29) is 5.91 Å². The Kier molecular flexibility index (Phi) is 2.36. The summed E-state index contributed by atoms with van der Waals surface area (Å²) in [5.41, 5.74) is 0.934. The predicted octanol–water partition coefficient (Wildman–Crippen LogP) is 0.796. The summed E-state index contributed by atoms with van der Waals surface area (Å²) in [5.74, 6) is 0.764. The molecule has 0 aromatic carbocycles. The number of carbonyl (C=O) groups is 1. The average molecular weight is 217 g/mol. The standard InChI is InChI=1S/C12H15N3O/c16-12-6-9-3-5-14-8-11(9)15(12)10-2-1-4-13-7-10/h1-2,4,7,9,11,14H,3,5-6,8H2. The molecule has 2 aliphatic rings. The maximum Gasteiger partial charge on any atom is 0.227 e. The van der Waals surface area contributed by atoms with Crippen LogP contribution in [0.25, 0.3) is 0 Å². The molecule has 84 valence electrons. The van der Waals surface area contributed by atoms with Gasteiger partial charge in [-0.3, -0.25) is 9.78 Å². The summed E-state index contributed by atoms with van der Waals surface area (Å²) in [7, 11) is 0. The van der Waals surface area contributed by atoms with Crippen LogP contribution >= 0.6 is 0 Å². The van der Waals surface area contributed by atoms with Gasteiger partial charge < -0.3 is 10.2 Å². The molecule has 3 heterocycles. The molecule has 0 radical (unpaired) electrons. The molecule has 1 aromatic rings. The van der Waals surface area contributed by atoms with Crippen molar-refractivity contribution < 1.29 is 4.79 Å². The quantitative estimate of drug-likeness (QED) is 0.756. The van der Waals surface area contributed by atoms with Crippen LogP contribution in [0.4, 0.5) is 5.69 Å². The molecule has 2 fully saturated rings. The number of anilines is 1. The van der Waals surface area contributed by atoms with Gasteiger partial charge in [0.1, 0.15) is 0 Å². The van der Waals surface area contributed by atoms with Crippen LogP contribution in [0.1, 0.15) is 12.8 Å². The fraction of sp³-hybridized carbons (Fsp3) is 0.500. The summed E-state index contributed by atoms with van der Waals surface area (Å²) in [6, 6.07) is 4.17. The van der Waals surface area contributed by atoms with Crippen molar-refractivity contribution in [3.05, 3.63) is 24.5 Å². The number of pyridine rings is 1. The highest BCUT2D eigenvalue weighted by Gasteiger charge is 2.41. The van der Waals surface area contributed by atoms with Crippen LogP contribution in [-0.4, -0.2) is 30.0 Å². The van der Waals surface area contributed by atoms with E-state index in [4.69, 9.17) is 0 Å². The minimum Gasteiger partial charge on any atom is -0.315 e. The minimum absolute atomic E-state index is 0.242. The van der Waals surface area contributed by atoms with Crippen LogP contribution in [0.5, 0.6) is 0 Å². The third-order valence-electron chi connectivity index (χ3n) is 3.55. The molecule has 0 bridgehead atoms. The Hall–Kier alpha value is -1.42. The van der Waals surface area contributed by atoms with Gasteiger partial charge in [0, 0.05) is 19.2 Å². The third kappa shape index (κ3) is 1.50. The Morgan fingerprint density at radius 2 is 2.44 bits per heavy atom. The van der Waals surface area contributed by atoms with E-state index in [1.807, 2.05) is 17.0 Å². The molecule has 1 aromatic heterocycles. The number of nitrogens with zero attached hydrogens (tertiary/aromatic N) is 2. The Morgan fingerprint density at radius 1 is 1.50 bits per heavy atom. The number of nitrogens with one attached hydrogen (secondary N) is 1. The number of aromatic nitrogens is 1. The smallest absolute Gasteiger partial charge is 0.227 e. The third-order valence-corrected chi connectivity index (χ3v) is 3.55. The first kappa shape index (κ1) is 9.78. The lowest BCUT2D eigenvalue weighted by molar-refractivity contribution is -0.117. The lowest BCUT2D eigenvalue weighted by atomic mass is 9.93. The van der Waals surface area contributed by atoms with Crippen molar-refractivity contribution in [2.45, 2.75) is 18.9 Å². The number of hydrogen-bond acceptors (Lipinski definition) is 3. The van der Waals surface area contributed by atoms with E-state index in [0.29, 0.717) is 18.4 Å². The van der Waals surface area contributed by atoms with Crippen LogP contribution in [0.2, 0.25) is 0 Å². The van der Waals surface area contributed by atoms with E-state index in [9.17, 15) is 4.79 Å². The minimum atomic E-state index is 0.242. The second kappa shape index (κ2) is 3.87. The first-order valence-electron chi connectivity index (χ1n) is 5.79. The van der Waals surface area contributed by atoms with Crippen molar-refractivity contribution in [3.63, 3.8) is 0 Å². The van der Waals surface area contributed by atoms with Gasteiger partial charge in [-0.2, -0.15) is 0 Å². The maximum atomic E-state index is 12.0. The van der Waals surface area contributed by atoms with E-state index in [1.54, 1.807) is 12.4 Å². The maximum absolute atomic E-state index is 12.0. The highest BCUT2D eigenvalue weighted by molar-refractivity contribution is 5.96. The number of hydrogen-bond donors (Lipinski definition) is 1. The number of fused-ring (bicyclic) bond motifs is 1. The molecule has 1 N–H and O–H groups in total. The van der Waals surface area contributed by atoms with Gasteiger partial charge in [-0.15, -0.1) is 0 Å². The van der Waals surface area contributed by atoms with E-state index in [2.05, 4.69) is 10.3 Å². The number of amides is 1. The summed E-state index contributed by atoms with van der Waals surface area (Å²) in [6.07, 6.45) is 5.31. The average Bonchev–Trinajstić information content (AvgIpc) is 2.66. The van der Waals surface area contributed by atoms with Gasteiger partial charge >= 0.3 is 0 Å². The second-order valence-corrected chi connectivity index (χ2v) is 4.50. The zero-order valence-electron chi connectivity index (χ0n) is 9.10. The summed E-state index contributed by atoms with van der Waals surface area (Å²) in [4.78, 5) is 18.0. The summed E-state index contributed by atoms with van der Waals surface area (Å²) in [5, 5.41) is 3.36. The van der Waals surface area contributed by atoms with Gasteiger partial charge in [0.05, 0.1) is 17.9 Å². The number of rotatable bonds is 1. The lowest BCUT2D eigenvalue weighted by Gasteiger charge is -2.31. The van der Waals surface area contributed by atoms with Gasteiger partial charge in [0.2, 0.25) is 5.91 Å². The first-order valence-corrected chi connectivity index (χ1v) is 5.79. The predicted molar refractivity (Wildman–Crippen MR) is 61.1 cm³/mol. The fourth-order valence-electron chi connectivity index (χ4n) is 2.78. The highest BCUT2D eigenvalue weighted by Crippen LogP contribution is 2.33. The molecule has 2 unspecified atom stereocenters. The van der Waals surface area contributed by atoms with Gasteiger partial charge in [0.25, 0.3) is 0 Å². The van der Waals surface area contributed by atoms with Crippen molar-refractivity contribution in [3.8, 4) is 0 Å². The largest absolute Gasteiger partial charge is 0.315 e. The van der Waals surface area contributed by atoms with Crippen LogP contribution in [-0.2, 0) is 4.79 Å². The molecule has 0 spiro atoms. The molecule has 2 atom stereocenters. The van der Waals surface area contributed by atoms with Crippen molar-refractivity contribution in [1.82, 2.24) is 10.3 Å². The van der Waals surface area contributed by atoms with E-state index in [1.165, 1.54) is 0 Å². The highest BCUT2D eigenvalue weighted by atomic mass is 16.2. The van der Waals surface area contributed by atoms with Gasteiger partial charge in [-0.25, -0.2) is 0 Å². The lowest BCUT2D eigenvalue weighted by Crippen LogP contribution is -2.46. The number of piperidine rings is 1. The van der Waals surface area contributed by atoms with E-state index < -0.39 is 0 Å². The van der Waals surface area contributed by atoms with Crippen LogP contribution in [0, 0.1) is 5.92 Å². The molecule has 0 aliphatic carbocycles. The molecule has 0 saturated carbocycles.